The summed E-state index contributed by atoms with van der Waals surface area (Å²) < 4.78 is 0. The number of rotatable bonds is 4. The predicted octanol–water partition coefficient (Wildman–Crippen LogP) is 2.40. The van der Waals surface area contributed by atoms with Crippen LogP contribution < -0.4 is 0 Å². The first kappa shape index (κ1) is 10.9. The number of hydrogen-bond donors (Lipinski definition) is 0. The van der Waals surface area contributed by atoms with Crippen molar-refractivity contribution in [2.45, 2.75) is 12.3 Å². The zero-order valence-electron chi connectivity index (χ0n) is 8.30. The molecule has 3 nitrogen and oxygen atoms in total. The molecule has 0 saturated carbocycles. The van der Waals surface area contributed by atoms with Crippen LogP contribution in [-0.4, -0.2) is 4.98 Å². The van der Waals surface area contributed by atoms with Crippen LogP contribution in [0, 0.1) is 28.6 Å². The van der Waals surface area contributed by atoms with Gasteiger partial charge in [0.1, 0.15) is 5.92 Å². The monoisotopic (exact) mass is 197 g/mol. The lowest BCUT2D eigenvalue weighted by molar-refractivity contribution is 0.618. The van der Waals surface area contributed by atoms with Crippen LogP contribution >= 0.6 is 0 Å². The third kappa shape index (κ3) is 2.65. The van der Waals surface area contributed by atoms with E-state index in [1.807, 2.05) is 18.2 Å². The molecular weight excluding hydrogens is 186 g/mol. The Kier molecular flexibility index (Phi) is 4.06. The summed E-state index contributed by atoms with van der Waals surface area (Å²) in [4.78, 5) is 3.99. The minimum Gasteiger partial charge on any atom is -0.264 e. The van der Waals surface area contributed by atoms with Crippen LogP contribution in [0.25, 0.3) is 0 Å². The lowest BCUT2D eigenvalue weighted by atomic mass is 9.86. The molecule has 1 unspecified atom stereocenters. The topological polar surface area (TPSA) is 60.5 Å². The summed E-state index contributed by atoms with van der Waals surface area (Å²) in [5.74, 6) is -0.779. The summed E-state index contributed by atoms with van der Waals surface area (Å²) in [5.41, 5.74) is 0.908. The summed E-state index contributed by atoms with van der Waals surface area (Å²) in [6.07, 6.45) is 5.69. The van der Waals surface area contributed by atoms with Crippen molar-refractivity contribution >= 4 is 0 Å². The maximum atomic E-state index is 8.86. The second-order valence-corrected chi connectivity index (χ2v) is 3.15. The highest BCUT2D eigenvalue weighted by atomic mass is 14.6. The zero-order chi connectivity index (χ0) is 11.1. The molecule has 15 heavy (non-hydrogen) atoms. The molecule has 1 rings (SSSR count). The van der Waals surface area contributed by atoms with E-state index < -0.39 is 5.92 Å². The van der Waals surface area contributed by atoms with Crippen LogP contribution in [0.3, 0.4) is 0 Å². The first-order valence-electron chi connectivity index (χ1n) is 4.63. The summed E-state index contributed by atoms with van der Waals surface area (Å²) in [5, 5.41) is 17.7. The van der Waals surface area contributed by atoms with Crippen molar-refractivity contribution < 1.29 is 0 Å². The van der Waals surface area contributed by atoms with Crippen molar-refractivity contribution in [2.24, 2.45) is 5.92 Å². The molecule has 0 aliphatic rings. The molecule has 1 aromatic heterocycles. The van der Waals surface area contributed by atoms with E-state index in [1.165, 1.54) is 0 Å². The summed E-state index contributed by atoms with van der Waals surface area (Å²) >= 11 is 0. The van der Waals surface area contributed by atoms with Gasteiger partial charge in [0.25, 0.3) is 0 Å². The van der Waals surface area contributed by atoms with Gasteiger partial charge in [0, 0.05) is 18.3 Å². The molecule has 0 fully saturated rings. The van der Waals surface area contributed by atoms with Crippen molar-refractivity contribution in [2.75, 3.05) is 0 Å². The molecule has 0 aliphatic carbocycles. The average molecular weight is 197 g/mol. The minimum absolute atomic E-state index is 0.133. The Hall–Kier alpha value is -2.13. The molecule has 0 amide bonds. The normalized spacial score (nSPS) is 11.4. The van der Waals surface area contributed by atoms with Gasteiger partial charge in [0.15, 0.2) is 0 Å². The quantitative estimate of drug-likeness (QED) is 0.696. The van der Waals surface area contributed by atoms with Gasteiger partial charge in [-0.3, -0.25) is 4.98 Å². The first-order valence-corrected chi connectivity index (χ1v) is 4.63. The number of nitrogens with zero attached hydrogens (tertiary/aromatic N) is 3. The second kappa shape index (κ2) is 5.57. The summed E-state index contributed by atoms with van der Waals surface area (Å²) in [6.45, 7) is 3.64. The fourth-order valence-corrected chi connectivity index (χ4v) is 1.45. The van der Waals surface area contributed by atoms with Crippen LogP contribution in [0.1, 0.15) is 17.9 Å². The van der Waals surface area contributed by atoms with Crippen LogP contribution in [0.15, 0.2) is 37.2 Å². The van der Waals surface area contributed by atoms with E-state index in [4.69, 9.17) is 10.5 Å². The summed E-state index contributed by atoms with van der Waals surface area (Å²) in [7, 11) is 0. The van der Waals surface area contributed by atoms with Crippen molar-refractivity contribution in [1.29, 1.82) is 10.5 Å². The van der Waals surface area contributed by atoms with Gasteiger partial charge < -0.3 is 0 Å². The van der Waals surface area contributed by atoms with E-state index >= 15 is 0 Å². The molecule has 0 spiro atoms. The van der Waals surface area contributed by atoms with Crippen LogP contribution in [0.4, 0.5) is 0 Å². The Morgan fingerprint density at radius 3 is 2.67 bits per heavy atom. The van der Waals surface area contributed by atoms with Gasteiger partial charge in [-0.05, 0) is 18.1 Å². The van der Waals surface area contributed by atoms with E-state index in [2.05, 4.69) is 11.6 Å². The molecule has 0 N–H and O–H groups in total. The van der Waals surface area contributed by atoms with Crippen molar-refractivity contribution in [3.8, 4) is 12.1 Å². The maximum Gasteiger partial charge on any atom is 0.140 e. The third-order valence-electron chi connectivity index (χ3n) is 2.21. The Bertz CT molecular complexity index is 383. The number of allylic oxidation sites excluding steroid dienone is 1. The van der Waals surface area contributed by atoms with E-state index in [-0.39, 0.29) is 5.92 Å². The molecule has 0 saturated heterocycles. The molecule has 0 aliphatic heterocycles. The van der Waals surface area contributed by atoms with Gasteiger partial charge in [-0.2, -0.15) is 10.5 Å². The first-order chi connectivity index (χ1) is 7.33. The van der Waals surface area contributed by atoms with Gasteiger partial charge >= 0.3 is 0 Å². The van der Waals surface area contributed by atoms with E-state index in [1.54, 1.807) is 24.5 Å². The average Bonchev–Trinajstić information content (AvgIpc) is 2.30. The lowest BCUT2D eigenvalue weighted by Gasteiger charge is -2.14. The minimum atomic E-state index is -0.646. The van der Waals surface area contributed by atoms with Gasteiger partial charge in [-0.15, -0.1) is 6.58 Å². The second-order valence-electron chi connectivity index (χ2n) is 3.15. The number of hydrogen-bond acceptors (Lipinski definition) is 3. The molecule has 1 aromatic rings. The van der Waals surface area contributed by atoms with Crippen molar-refractivity contribution in [3.05, 3.63) is 42.7 Å². The standard InChI is InChI=1S/C12H11N3/c1-2-4-12(11(7-13)8-14)10-5-3-6-15-9-10/h2-3,5-6,9,11-12H,1,4H2. The maximum absolute atomic E-state index is 8.86. The largest absolute Gasteiger partial charge is 0.264 e. The van der Waals surface area contributed by atoms with Gasteiger partial charge in [0.05, 0.1) is 12.1 Å². The van der Waals surface area contributed by atoms with Gasteiger partial charge in [-0.1, -0.05) is 12.1 Å². The molecular formula is C12H11N3. The Labute approximate surface area is 89.3 Å². The SMILES string of the molecule is C=CCC(c1cccnc1)C(C#N)C#N. The Balaban J connectivity index is 2.99. The number of nitriles is 2. The summed E-state index contributed by atoms with van der Waals surface area (Å²) in [6, 6.07) is 7.68. The molecule has 0 radical (unpaired) electrons. The fourth-order valence-electron chi connectivity index (χ4n) is 1.45. The van der Waals surface area contributed by atoms with Crippen LogP contribution in [0.5, 0.6) is 0 Å². The molecule has 1 atom stereocenters. The zero-order valence-corrected chi connectivity index (χ0v) is 8.30. The van der Waals surface area contributed by atoms with E-state index in [9.17, 15) is 0 Å². The highest BCUT2D eigenvalue weighted by Gasteiger charge is 2.21. The lowest BCUT2D eigenvalue weighted by Crippen LogP contribution is -2.09. The van der Waals surface area contributed by atoms with Crippen molar-refractivity contribution in [1.82, 2.24) is 4.98 Å². The highest BCUT2D eigenvalue weighted by molar-refractivity contribution is 5.22. The smallest absolute Gasteiger partial charge is 0.140 e. The molecule has 0 aromatic carbocycles. The van der Waals surface area contributed by atoms with E-state index in [0.29, 0.717) is 6.42 Å². The molecule has 3 heteroatoms. The molecule has 0 bridgehead atoms. The molecule has 74 valence electrons. The third-order valence-corrected chi connectivity index (χ3v) is 2.21. The van der Waals surface area contributed by atoms with Crippen LogP contribution in [0.2, 0.25) is 0 Å². The Morgan fingerprint density at radius 1 is 1.47 bits per heavy atom. The van der Waals surface area contributed by atoms with E-state index in [0.717, 1.165) is 5.56 Å². The fraction of sp³-hybridized carbons (Fsp3) is 0.250. The predicted molar refractivity (Wildman–Crippen MR) is 56.5 cm³/mol. The number of aromatic nitrogens is 1. The van der Waals surface area contributed by atoms with Crippen molar-refractivity contribution in [3.63, 3.8) is 0 Å². The highest BCUT2D eigenvalue weighted by Crippen LogP contribution is 2.27. The Morgan fingerprint density at radius 2 is 2.20 bits per heavy atom. The van der Waals surface area contributed by atoms with Gasteiger partial charge in [0.2, 0.25) is 0 Å². The van der Waals surface area contributed by atoms with Gasteiger partial charge in [-0.25, -0.2) is 0 Å². The molecule has 1 heterocycles. The van der Waals surface area contributed by atoms with Crippen LogP contribution in [-0.2, 0) is 0 Å². The number of pyridine rings is 1.